The third-order valence-corrected chi connectivity index (χ3v) is 5.98. The maximum Gasteiger partial charge on any atom is 1.00 e. The minimum atomic E-state index is -2.16. The van der Waals surface area contributed by atoms with E-state index in [9.17, 15) is 4.57 Å². The van der Waals surface area contributed by atoms with Gasteiger partial charge in [-0.1, -0.05) is 20.8 Å². The molecule has 0 bridgehead atoms. The molecule has 1 unspecified atom stereocenters. The van der Waals surface area contributed by atoms with Crippen LogP contribution in [-0.4, -0.2) is 23.9 Å². The normalized spacial score (nSPS) is 26.4. The summed E-state index contributed by atoms with van der Waals surface area (Å²) >= 11 is 0. The van der Waals surface area contributed by atoms with E-state index in [1.54, 1.807) is 0 Å². The molecule has 0 aromatic carbocycles. The summed E-state index contributed by atoms with van der Waals surface area (Å²) in [5.41, 5.74) is 2.51. The van der Waals surface area contributed by atoms with Crippen LogP contribution < -0.4 is 18.9 Å². The van der Waals surface area contributed by atoms with E-state index >= 15 is 0 Å². The Labute approximate surface area is 99.7 Å². The molecule has 1 aliphatic rings. The van der Waals surface area contributed by atoms with Crippen molar-refractivity contribution in [2.24, 2.45) is 0 Å². The van der Waals surface area contributed by atoms with Crippen LogP contribution in [0, 0.1) is 6.16 Å². The molecule has 0 amide bonds. The SMILES string of the molecule is CCN(CC)P1(=O)[CH-]C(C)=C(C)C1.[Li+]. The Balaban J connectivity index is 0.00000169. The van der Waals surface area contributed by atoms with Crippen molar-refractivity contribution < 1.29 is 23.4 Å². The molecule has 0 spiro atoms. The Morgan fingerprint density at radius 3 is 2.14 bits per heavy atom. The van der Waals surface area contributed by atoms with Crippen molar-refractivity contribution in [1.29, 1.82) is 0 Å². The molecule has 0 aromatic rings. The molecule has 0 saturated carbocycles. The van der Waals surface area contributed by atoms with Gasteiger partial charge < -0.3 is 4.57 Å². The third kappa shape index (κ3) is 2.71. The number of nitrogens with zero attached hydrogens (tertiary/aromatic N) is 1. The molecule has 1 atom stereocenters. The smallest absolute Gasteiger partial charge is 0.323 e. The van der Waals surface area contributed by atoms with Gasteiger partial charge in [0.15, 0.2) is 0 Å². The van der Waals surface area contributed by atoms with Crippen LogP contribution in [0.5, 0.6) is 0 Å². The first-order valence-corrected chi connectivity index (χ1v) is 6.81. The average Bonchev–Trinajstić information content (AvgIpc) is 2.29. The number of hydrogen-bond donors (Lipinski definition) is 0. The molecular formula is C10H19LiNOP. The van der Waals surface area contributed by atoms with E-state index in [-0.39, 0.29) is 18.9 Å². The summed E-state index contributed by atoms with van der Waals surface area (Å²) in [7, 11) is -2.16. The number of hydrogen-bond acceptors (Lipinski definition) is 1. The minimum absolute atomic E-state index is 0. The van der Waals surface area contributed by atoms with E-state index in [1.165, 1.54) is 11.1 Å². The fourth-order valence-electron chi connectivity index (χ4n) is 1.81. The van der Waals surface area contributed by atoms with E-state index in [4.69, 9.17) is 0 Å². The number of rotatable bonds is 3. The molecule has 0 radical (unpaired) electrons. The van der Waals surface area contributed by atoms with Crippen molar-refractivity contribution in [1.82, 2.24) is 4.67 Å². The molecule has 0 saturated heterocycles. The summed E-state index contributed by atoms with van der Waals surface area (Å²) in [6.07, 6.45) is 2.75. The van der Waals surface area contributed by atoms with Gasteiger partial charge in [-0.05, 0) is 6.16 Å². The van der Waals surface area contributed by atoms with Crippen LogP contribution in [0.3, 0.4) is 0 Å². The zero-order valence-corrected chi connectivity index (χ0v) is 10.9. The number of allylic oxidation sites excluding steroid dienone is 2. The van der Waals surface area contributed by atoms with E-state index in [2.05, 4.69) is 32.4 Å². The van der Waals surface area contributed by atoms with E-state index < -0.39 is 7.29 Å². The fourth-order valence-corrected chi connectivity index (χ4v) is 4.97. The summed E-state index contributed by atoms with van der Waals surface area (Å²) in [5, 5.41) is 0. The van der Waals surface area contributed by atoms with Gasteiger partial charge in [-0.2, -0.15) is 6.16 Å². The summed E-state index contributed by atoms with van der Waals surface area (Å²) in [4.78, 5) is 0. The van der Waals surface area contributed by atoms with Crippen LogP contribution in [0.15, 0.2) is 11.1 Å². The molecule has 1 heterocycles. The molecule has 4 heteroatoms. The predicted molar refractivity (Wildman–Crippen MR) is 58.1 cm³/mol. The molecule has 1 aliphatic heterocycles. The molecule has 2 nitrogen and oxygen atoms in total. The third-order valence-electron chi connectivity index (χ3n) is 2.74. The second-order valence-electron chi connectivity index (χ2n) is 3.65. The Bertz CT molecular complexity index is 253. The maximum absolute atomic E-state index is 12.4. The average molecular weight is 207 g/mol. The zero-order chi connectivity index (χ0) is 10.1. The van der Waals surface area contributed by atoms with Gasteiger partial charge in [-0.3, -0.25) is 4.67 Å². The van der Waals surface area contributed by atoms with Gasteiger partial charge in [0.05, 0.1) is 7.29 Å². The predicted octanol–water partition coefficient (Wildman–Crippen LogP) is 0.122. The molecule has 1 rings (SSSR count). The molecule has 0 aliphatic carbocycles. The Hall–Kier alpha value is 0.397. The summed E-state index contributed by atoms with van der Waals surface area (Å²) in [6, 6.07) is 0. The van der Waals surface area contributed by atoms with Crippen molar-refractivity contribution >= 4 is 7.29 Å². The van der Waals surface area contributed by atoms with Crippen molar-refractivity contribution in [2.45, 2.75) is 27.7 Å². The molecule has 0 aromatic heterocycles. The molecule has 14 heavy (non-hydrogen) atoms. The molecule has 0 fully saturated rings. The Morgan fingerprint density at radius 2 is 1.86 bits per heavy atom. The largest absolute Gasteiger partial charge is 1.00 e. The Morgan fingerprint density at radius 1 is 1.36 bits per heavy atom. The van der Waals surface area contributed by atoms with Gasteiger partial charge in [0, 0.05) is 13.1 Å². The van der Waals surface area contributed by atoms with Crippen LogP contribution in [0.4, 0.5) is 0 Å². The zero-order valence-electron chi connectivity index (χ0n) is 10.0. The monoisotopic (exact) mass is 207 g/mol. The second-order valence-corrected chi connectivity index (χ2v) is 6.30. The summed E-state index contributed by atoms with van der Waals surface area (Å²) in [5.74, 6) is 0. The van der Waals surface area contributed by atoms with Crippen LogP contribution in [0.1, 0.15) is 27.7 Å². The molecule has 0 N–H and O–H groups in total. The van der Waals surface area contributed by atoms with Crippen molar-refractivity contribution in [3.05, 3.63) is 17.3 Å². The van der Waals surface area contributed by atoms with Crippen LogP contribution in [-0.2, 0) is 4.57 Å². The summed E-state index contributed by atoms with van der Waals surface area (Å²) < 4.78 is 14.5. The maximum atomic E-state index is 12.4. The first kappa shape index (κ1) is 14.4. The minimum Gasteiger partial charge on any atom is -0.323 e. The van der Waals surface area contributed by atoms with Crippen molar-refractivity contribution in [3.63, 3.8) is 0 Å². The molecule has 76 valence electrons. The van der Waals surface area contributed by atoms with Gasteiger partial charge >= 0.3 is 18.9 Å². The van der Waals surface area contributed by atoms with Crippen LogP contribution >= 0.6 is 7.29 Å². The van der Waals surface area contributed by atoms with Gasteiger partial charge in [-0.15, -0.1) is 6.92 Å². The fraction of sp³-hybridized carbons (Fsp3) is 0.700. The quantitative estimate of drug-likeness (QED) is 0.372. The van der Waals surface area contributed by atoms with Crippen molar-refractivity contribution in [3.8, 4) is 0 Å². The first-order chi connectivity index (χ1) is 6.03. The van der Waals surface area contributed by atoms with Gasteiger partial charge in [0.1, 0.15) is 0 Å². The van der Waals surface area contributed by atoms with Gasteiger partial charge in [-0.25, -0.2) is 11.1 Å². The van der Waals surface area contributed by atoms with E-state index in [0.29, 0.717) is 0 Å². The van der Waals surface area contributed by atoms with E-state index in [0.717, 1.165) is 19.3 Å². The van der Waals surface area contributed by atoms with Gasteiger partial charge in [0.25, 0.3) is 0 Å². The van der Waals surface area contributed by atoms with E-state index in [1.807, 2.05) is 6.16 Å². The standard InChI is InChI=1S/C10H19NOP.Li/c1-5-11(6-2)13(12)7-9(3)10(4)8-13;/h7H,5-6,8H2,1-4H3;/q-1;+1. The first-order valence-electron chi connectivity index (χ1n) is 4.90. The summed E-state index contributed by atoms with van der Waals surface area (Å²) in [6.45, 7) is 10.0. The second kappa shape index (κ2) is 5.47. The van der Waals surface area contributed by atoms with Crippen molar-refractivity contribution in [2.75, 3.05) is 19.3 Å². The topological polar surface area (TPSA) is 20.3 Å². The Kier molecular flexibility index (Phi) is 5.63. The van der Waals surface area contributed by atoms with Crippen LogP contribution in [0.25, 0.3) is 0 Å². The van der Waals surface area contributed by atoms with Crippen LogP contribution in [0.2, 0.25) is 0 Å². The van der Waals surface area contributed by atoms with Gasteiger partial charge in [0.2, 0.25) is 0 Å². The molecular weight excluding hydrogens is 188 g/mol.